The highest BCUT2D eigenvalue weighted by Gasteiger charge is 2.23. The van der Waals surface area contributed by atoms with E-state index >= 15 is 0 Å². The van der Waals surface area contributed by atoms with Crippen molar-refractivity contribution in [2.45, 2.75) is 11.8 Å². The molecule has 1 aliphatic rings. The molecule has 10 heteroatoms. The van der Waals surface area contributed by atoms with Crippen LogP contribution < -0.4 is 15.5 Å². The molecule has 2 aromatic carbocycles. The second-order valence-corrected chi connectivity index (χ2v) is 9.84. The van der Waals surface area contributed by atoms with Gasteiger partial charge in [0.2, 0.25) is 5.95 Å². The smallest absolute Gasteiger partial charge is 0.270 e. The highest BCUT2D eigenvalue weighted by atomic mass is 32.2. The second kappa shape index (κ2) is 8.78. The van der Waals surface area contributed by atoms with Crippen LogP contribution in [0.3, 0.4) is 0 Å². The summed E-state index contributed by atoms with van der Waals surface area (Å²) in [6, 6.07) is 15.8. The van der Waals surface area contributed by atoms with E-state index in [9.17, 15) is 13.7 Å². The van der Waals surface area contributed by atoms with E-state index in [0.717, 1.165) is 41.4 Å². The van der Waals surface area contributed by atoms with Crippen molar-refractivity contribution in [2.24, 2.45) is 0 Å². The van der Waals surface area contributed by atoms with E-state index in [0.29, 0.717) is 5.39 Å². The van der Waals surface area contributed by atoms with Gasteiger partial charge in [-0.3, -0.25) is 0 Å². The van der Waals surface area contributed by atoms with E-state index in [1.54, 1.807) is 24.4 Å². The van der Waals surface area contributed by atoms with Crippen LogP contribution in [0.2, 0.25) is 0 Å². The van der Waals surface area contributed by atoms with E-state index in [4.69, 9.17) is 0 Å². The lowest BCUT2D eigenvalue weighted by atomic mass is 10.1. The summed E-state index contributed by atoms with van der Waals surface area (Å²) in [6.45, 7) is 5.93. The van der Waals surface area contributed by atoms with Crippen molar-refractivity contribution in [3.8, 4) is 6.07 Å². The predicted octanol–water partition coefficient (Wildman–Crippen LogP) is 3.00. The Morgan fingerprint density at radius 3 is 2.68 bits per heavy atom. The molecule has 0 aliphatic carbocycles. The highest BCUT2D eigenvalue weighted by Crippen LogP contribution is 2.27. The van der Waals surface area contributed by atoms with E-state index in [2.05, 4.69) is 38.5 Å². The number of benzene rings is 2. The number of piperazine rings is 1. The molecule has 2 N–H and O–H groups in total. The number of aromatic nitrogens is 3. The minimum Gasteiger partial charge on any atom is -0.369 e. The van der Waals surface area contributed by atoms with Crippen LogP contribution in [0.1, 0.15) is 11.1 Å². The van der Waals surface area contributed by atoms with Crippen LogP contribution >= 0.6 is 0 Å². The lowest BCUT2D eigenvalue weighted by molar-refractivity contribution is 0.588. The van der Waals surface area contributed by atoms with Crippen LogP contribution in [0, 0.1) is 18.3 Å². The molecule has 4 aromatic rings. The molecule has 2 aromatic heterocycles. The normalized spacial score (nSPS) is 14.2. The van der Waals surface area contributed by atoms with Gasteiger partial charge in [-0.2, -0.15) is 10.2 Å². The van der Waals surface area contributed by atoms with Crippen LogP contribution in [-0.4, -0.2) is 48.5 Å². The predicted molar refractivity (Wildman–Crippen MR) is 131 cm³/mol. The standard InChI is InChI=1S/C24H23N7O2S/c1-17-14-20(6-7-21(17)30-12-9-26-10-13-30)28-24-27-16-19-8-11-31(23(19)29-24)34(32,33)22-5-3-2-4-18(22)15-25/h2-8,11,14,16,26H,9-10,12-13H2,1H3,(H,27,28,29). The number of aryl methyl sites for hydroxylation is 1. The summed E-state index contributed by atoms with van der Waals surface area (Å²) in [5.41, 5.74) is 3.45. The average molecular weight is 474 g/mol. The van der Waals surface area contributed by atoms with E-state index in [1.165, 1.54) is 24.0 Å². The van der Waals surface area contributed by atoms with Crippen LogP contribution in [0.5, 0.6) is 0 Å². The van der Waals surface area contributed by atoms with Crippen molar-refractivity contribution < 1.29 is 8.42 Å². The molecule has 0 radical (unpaired) electrons. The molecule has 1 saturated heterocycles. The molecule has 0 spiro atoms. The third kappa shape index (κ3) is 3.96. The zero-order valence-corrected chi connectivity index (χ0v) is 19.4. The lowest BCUT2D eigenvalue weighted by Crippen LogP contribution is -2.43. The Hall–Kier alpha value is -3.94. The monoisotopic (exact) mass is 473 g/mol. The van der Waals surface area contributed by atoms with Crippen molar-refractivity contribution in [3.05, 3.63) is 72.1 Å². The summed E-state index contributed by atoms with van der Waals surface area (Å²) in [5.74, 6) is 0.283. The number of rotatable bonds is 5. The molecule has 0 atom stereocenters. The molecule has 9 nitrogen and oxygen atoms in total. The van der Waals surface area contributed by atoms with Gasteiger partial charge in [0, 0.05) is 55.3 Å². The quantitative estimate of drug-likeness (QED) is 0.454. The van der Waals surface area contributed by atoms with Gasteiger partial charge in [0.15, 0.2) is 5.65 Å². The zero-order chi connectivity index (χ0) is 23.7. The number of fused-ring (bicyclic) bond motifs is 1. The third-order valence-corrected chi connectivity index (χ3v) is 7.57. The van der Waals surface area contributed by atoms with Crippen LogP contribution in [-0.2, 0) is 10.0 Å². The molecule has 3 heterocycles. The summed E-state index contributed by atoms with van der Waals surface area (Å²) in [4.78, 5) is 11.1. The van der Waals surface area contributed by atoms with Gasteiger partial charge in [-0.1, -0.05) is 12.1 Å². The maximum Gasteiger partial charge on any atom is 0.270 e. The Bertz CT molecular complexity index is 1520. The van der Waals surface area contributed by atoms with Gasteiger partial charge in [-0.15, -0.1) is 0 Å². The second-order valence-electron chi connectivity index (χ2n) is 8.06. The summed E-state index contributed by atoms with van der Waals surface area (Å²) >= 11 is 0. The number of nitrogens with zero attached hydrogens (tertiary/aromatic N) is 5. The van der Waals surface area contributed by atoms with E-state index in [1.807, 2.05) is 18.2 Å². The Kier molecular flexibility index (Phi) is 5.65. The molecule has 172 valence electrons. The number of hydrogen-bond donors (Lipinski definition) is 2. The minimum atomic E-state index is -4.01. The first-order valence-electron chi connectivity index (χ1n) is 10.9. The Balaban J connectivity index is 1.47. The average Bonchev–Trinajstić information content (AvgIpc) is 3.29. The van der Waals surface area contributed by atoms with Gasteiger partial charge in [-0.05, 0) is 48.9 Å². The Labute approximate surface area is 197 Å². The fourth-order valence-electron chi connectivity index (χ4n) is 4.16. The molecule has 34 heavy (non-hydrogen) atoms. The van der Waals surface area contributed by atoms with Crippen molar-refractivity contribution in [1.82, 2.24) is 19.3 Å². The van der Waals surface area contributed by atoms with Crippen molar-refractivity contribution in [1.29, 1.82) is 5.26 Å². The van der Waals surface area contributed by atoms with Crippen LogP contribution in [0.25, 0.3) is 11.0 Å². The lowest BCUT2D eigenvalue weighted by Gasteiger charge is -2.30. The van der Waals surface area contributed by atoms with E-state index < -0.39 is 10.0 Å². The number of anilines is 3. The Morgan fingerprint density at radius 2 is 1.91 bits per heavy atom. The van der Waals surface area contributed by atoms with Gasteiger partial charge in [0.1, 0.15) is 11.0 Å². The van der Waals surface area contributed by atoms with Gasteiger partial charge < -0.3 is 15.5 Å². The molecular formula is C24H23N7O2S. The summed E-state index contributed by atoms with van der Waals surface area (Å²) in [7, 11) is -4.01. The Morgan fingerprint density at radius 1 is 1.12 bits per heavy atom. The molecule has 0 unspecified atom stereocenters. The topological polar surface area (TPSA) is 116 Å². The first-order chi connectivity index (χ1) is 16.5. The molecule has 5 rings (SSSR count). The summed E-state index contributed by atoms with van der Waals surface area (Å²) in [6.07, 6.45) is 3.01. The third-order valence-electron chi connectivity index (χ3n) is 5.85. The summed E-state index contributed by atoms with van der Waals surface area (Å²) < 4.78 is 27.7. The fraction of sp³-hybridized carbons (Fsp3) is 0.208. The van der Waals surface area contributed by atoms with Crippen molar-refractivity contribution in [3.63, 3.8) is 0 Å². The molecule has 1 fully saturated rings. The van der Waals surface area contributed by atoms with Gasteiger partial charge >= 0.3 is 0 Å². The largest absolute Gasteiger partial charge is 0.369 e. The van der Waals surface area contributed by atoms with Crippen molar-refractivity contribution in [2.75, 3.05) is 36.4 Å². The van der Waals surface area contributed by atoms with Gasteiger partial charge in [-0.25, -0.2) is 17.4 Å². The molecule has 0 amide bonds. The van der Waals surface area contributed by atoms with Crippen molar-refractivity contribution >= 4 is 38.4 Å². The molecular weight excluding hydrogens is 450 g/mol. The highest BCUT2D eigenvalue weighted by molar-refractivity contribution is 7.90. The number of nitrogens with one attached hydrogen (secondary N) is 2. The first-order valence-corrected chi connectivity index (χ1v) is 12.3. The fourth-order valence-corrected chi connectivity index (χ4v) is 5.61. The summed E-state index contributed by atoms with van der Waals surface area (Å²) in [5, 5.41) is 16.5. The van der Waals surface area contributed by atoms with Crippen LogP contribution in [0.15, 0.2) is 65.8 Å². The molecule has 0 bridgehead atoms. The van der Waals surface area contributed by atoms with Gasteiger partial charge in [0.05, 0.1) is 5.56 Å². The first kappa shape index (κ1) is 21.9. The maximum atomic E-state index is 13.3. The minimum absolute atomic E-state index is 0.0674. The molecule has 0 saturated carbocycles. The number of nitriles is 1. The number of hydrogen-bond acceptors (Lipinski definition) is 8. The van der Waals surface area contributed by atoms with Gasteiger partial charge in [0.25, 0.3) is 10.0 Å². The molecule has 1 aliphatic heterocycles. The maximum absolute atomic E-state index is 13.3. The van der Waals surface area contributed by atoms with Crippen LogP contribution in [0.4, 0.5) is 17.3 Å². The SMILES string of the molecule is Cc1cc(Nc2ncc3ccn(S(=O)(=O)c4ccccc4C#N)c3n2)ccc1N1CCNCC1. The van der Waals surface area contributed by atoms with E-state index in [-0.39, 0.29) is 22.1 Å². The zero-order valence-electron chi connectivity index (χ0n) is 18.6.